The van der Waals surface area contributed by atoms with Crippen LogP contribution in [0.4, 0.5) is 24.8 Å². The van der Waals surface area contributed by atoms with Crippen molar-refractivity contribution >= 4 is 22.4 Å². The average molecular weight is 486 g/mol. The molecule has 5 rings (SSSR count). The molecule has 2 aromatic heterocycles. The van der Waals surface area contributed by atoms with E-state index >= 15 is 0 Å². The van der Waals surface area contributed by atoms with Crippen molar-refractivity contribution in [1.82, 2.24) is 20.1 Å². The summed E-state index contributed by atoms with van der Waals surface area (Å²) in [5.74, 6) is 1.29. The molecule has 1 atom stereocenters. The minimum atomic E-state index is -4.44. The van der Waals surface area contributed by atoms with Crippen molar-refractivity contribution < 1.29 is 13.2 Å². The van der Waals surface area contributed by atoms with Gasteiger partial charge in [-0.1, -0.05) is 12.1 Å². The lowest BCUT2D eigenvalue weighted by atomic mass is 9.99. The van der Waals surface area contributed by atoms with Crippen molar-refractivity contribution in [2.45, 2.75) is 51.5 Å². The largest absolute Gasteiger partial charge is 0.416 e. The van der Waals surface area contributed by atoms with Crippen molar-refractivity contribution in [3.63, 3.8) is 0 Å². The van der Waals surface area contributed by atoms with E-state index in [2.05, 4.69) is 30.3 Å². The molecule has 2 saturated heterocycles. The van der Waals surface area contributed by atoms with Crippen molar-refractivity contribution in [2.24, 2.45) is 5.73 Å². The maximum Gasteiger partial charge on any atom is 0.416 e. The third-order valence-electron chi connectivity index (χ3n) is 7.34. The SMILES string of the molecule is Cc1c([C@@H](N)Nc2nnc(C)c3cnc(N4CCC(N5CCC5)CC4)cc23)cccc1C(F)(F)F. The molecule has 186 valence electrons. The number of halogens is 3. The molecule has 3 N–H and O–H groups in total. The van der Waals surface area contributed by atoms with Gasteiger partial charge in [-0.05, 0) is 69.5 Å². The van der Waals surface area contributed by atoms with Crippen molar-refractivity contribution in [2.75, 3.05) is 36.4 Å². The number of piperidine rings is 1. The summed E-state index contributed by atoms with van der Waals surface area (Å²) >= 11 is 0. The number of nitrogens with one attached hydrogen (secondary N) is 1. The Balaban J connectivity index is 1.41. The van der Waals surface area contributed by atoms with Gasteiger partial charge in [-0.25, -0.2) is 4.98 Å². The Kier molecular flexibility index (Phi) is 6.27. The van der Waals surface area contributed by atoms with Gasteiger partial charge in [0.05, 0.1) is 11.3 Å². The normalized spacial score (nSPS) is 18.5. The number of nitrogens with zero attached hydrogens (tertiary/aromatic N) is 5. The Morgan fingerprint density at radius 2 is 1.80 bits per heavy atom. The van der Waals surface area contributed by atoms with Crippen LogP contribution in [0.2, 0.25) is 0 Å². The lowest BCUT2D eigenvalue weighted by Gasteiger charge is -2.43. The van der Waals surface area contributed by atoms with Crippen LogP contribution in [0.5, 0.6) is 0 Å². The van der Waals surface area contributed by atoms with Crippen LogP contribution in [0.25, 0.3) is 10.8 Å². The Morgan fingerprint density at radius 1 is 1.06 bits per heavy atom. The van der Waals surface area contributed by atoms with E-state index in [0.29, 0.717) is 17.4 Å². The number of rotatable bonds is 5. The predicted molar refractivity (Wildman–Crippen MR) is 130 cm³/mol. The van der Waals surface area contributed by atoms with Crippen molar-refractivity contribution in [3.8, 4) is 0 Å². The Hall–Kier alpha value is -2.98. The molecule has 1 aromatic carbocycles. The zero-order valence-corrected chi connectivity index (χ0v) is 19.9. The summed E-state index contributed by atoms with van der Waals surface area (Å²) in [6.45, 7) is 7.57. The number of benzene rings is 1. The lowest BCUT2D eigenvalue weighted by molar-refractivity contribution is -0.138. The van der Waals surface area contributed by atoms with Gasteiger partial charge in [0, 0.05) is 36.1 Å². The number of pyridine rings is 1. The molecule has 35 heavy (non-hydrogen) atoms. The molecular weight excluding hydrogens is 455 g/mol. The van der Waals surface area contributed by atoms with E-state index in [9.17, 15) is 13.2 Å². The van der Waals surface area contributed by atoms with Crippen LogP contribution in [-0.4, -0.2) is 52.3 Å². The Morgan fingerprint density at radius 3 is 2.46 bits per heavy atom. The Bertz CT molecular complexity index is 1220. The van der Waals surface area contributed by atoms with Gasteiger partial charge in [-0.3, -0.25) is 0 Å². The first-order chi connectivity index (χ1) is 16.7. The van der Waals surface area contributed by atoms with E-state index in [0.717, 1.165) is 54.3 Å². The number of likely N-dealkylation sites (tertiary alicyclic amines) is 1. The van der Waals surface area contributed by atoms with Crippen LogP contribution in [0.15, 0.2) is 30.5 Å². The summed E-state index contributed by atoms with van der Waals surface area (Å²) in [7, 11) is 0. The number of alkyl halides is 3. The fourth-order valence-electron chi connectivity index (χ4n) is 5.13. The number of aromatic nitrogens is 3. The lowest BCUT2D eigenvalue weighted by Crippen LogP contribution is -2.50. The smallest absolute Gasteiger partial charge is 0.356 e. The molecule has 2 aliphatic heterocycles. The zero-order valence-electron chi connectivity index (χ0n) is 19.9. The second-order valence-corrected chi connectivity index (χ2v) is 9.47. The number of anilines is 2. The number of fused-ring (bicyclic) bond motifs is 1. The third-order valence-corrected chi connectivity index (χ3v) is 7.34. The molecule has 0 saturated carbocycles. The van der Waals surface area contributed by atoms with Gasteiger partial charge in [0.2, 0.25) is 0 Å². The summed E-state index contributed by atoms with van der Waals surface area (Å²) in [5, 5.41) is 13.2. The first kappa shape index (κ1) is 23.7. The maximum absolute atomic E-state index is 13.4. The van der Waals surface area contributed by atoms with Gasteiger partial charge in [0.15, 0.2) is 5.82 Å². The highest BCUT2D eigenvalue weighted by molar-refractivity contribution is 5.94. The molecule has 0 spiro atoms. The van der Waals surface area contributed by atoms with E-state index < -0.39 is 17.9 Å². The molecule has 2 fully saturated rings. The summed E-state index contributed by atoms with van der Waals surface area (Å²) in [4.78, 5) is 9.53. The minimum Gasteiger partial charge on any atom is -0.356 e. The quantitative estimate of drug-likeness (QED) is 0.518. The number of hydrogen-bond acceptors (Lipinski definition) is 7. The van der Waals surface area contributed by atoms with E-state index in [1.54, 1.807) is 12.3 Å². The highest BCUT2D eigenvalue weighted by atomic mass is 19.4. The first-order valence-corrected chi connectivity index (χ1v) is 12.0. The average Bonchev–Trinajstić information content (AvgIpc) is 2.79. The van der Waals surface area contributed by atoms with E-state index in [1.165, 1.54) is 32.5 Å². The van der Waals surface area contributed by atoms with Crippen molar-refractivity contribution in [1.29, 1.82) is 0 Å². The molecule has 7 nitrogen and oxygen atoms in total. The molecule has 0 aliphatic carbocycles. The van der Waals surface area contributed by atoms with Gasteiger partial charge < -0.3 is 20.9 Å². The zero-order chi connectivity index (χ0) is 24.7. The van der Waals surface area contributed by atoms with Crippen molar-refractivity contribution in [3.05, 3.63) is 52.8 Å². The molecule has 3 aromatic rings. The summed E-state index contributed by atoms with van der Waals surface area (Å²) < 4.78 is 40.2. The second-order valence-electron chi connectivity index (χ2n) is 9.47. The van der Waals surface area contributed by atoms with E-state index in [4.69, 9.17) is 5.73 Å². The summed E-state index contributed by atoms with van der Waals surface area (Å²) in [6, 6.07) is 6.67. The predicted octanol–water partition coefficient (Wildman–Crippen LogP) is 4.40. The van der Waals surface area contributed by atoms with Gasteiger partial charge in [-0.2, -0.15) is 18.3 Å². The monoisotopic (exact) mass is 485 g/mol. The molecule has 2 aliphatic rings. The fraction of sp³-hybridized carbons (Fsp3) is 0.480. The van der Waals surface area contributed by atoms with Crippen LogP contribution >= 0.6 is 0 Å². The van der Waals surface area contributed by atoms with Gasteiger partial charge in [0.25, 0.3) is 0 Å². The number of aryl methyl sites for hydroxylation is 1. The minimum absolute atomic E-state index is 0.0943. The third kappa shape index (κ3) is 4.64. The van der Waals surface area contributed by atoms with Crippen LogP contribution in [-0.2, 0) is 6.18 Å². The first-order valence-electron chi connectivity index (χ1n) is 12.0. The van der Waals surface area contributed by atoms with E-state index in [-0.39, 0.29) is 5.56 Å². The summed E-state index contributed by atoms with van der Waals surface area (Å²) in [5.41, 5.74) is 6.82. The standard InChI is InChI=1S/C25H30F3N7/c1-15-18(5-3-6-21(15)25(26,27)28)23(29)31-24-19-13-22(30-14-20(19)16(2)32-33-24)35-11-7-17(8-12-35)34-9-4-10-34/h3,5-6,13-14,17,23H,4,7-12,29H2,1-2H3,(H,31,33)/t23-/m0/s1. The molecule has 0 amide bonds. The number of nitrogens with two attached hydrogens (primary N) is 1. The molecule has 0 bridgehead atoms. The number of hydrogen-bond donors (Lipinski definition) is 2. The highest BCUT2D eigenvalue weighted by Crippen LogP contribution is 2.35. The molecule has 10 heteroatoms. The van der Waals surface area contributed by atoms with Crippen LogP contribution in [0.3, 0.4) is 0 Å². The topological polar surface area (TPSA) is 83.2 Å². The van der Waals surface area contributed by atoms with Crippen LogP contribution < -0.4 is 16.0 Å². The van der Waals surface area contributed by atoms with Gasteiger partial charge in [0.1, 0.15) is 12.0 Å². The maximum atomic E-state index is 13.4. The fourth-order valence-corrected chi connectivity index (χ4v) is 5.13. The molecule has 0 radical (unpaired) electrons. The molecule has 4 heterocycles. The Labute approximate surface area is 202 Å². The van der Waals surface area contributed by atoms with E-state index in [1.807, 2.05) is 13.0 Å². The summed E-state index contributed by atoms with van der Waals surface area (Å²) in [6.07, 6.45) is -0.0232. The van der Waals surface area contributed by atoms with Gasteiger partial charge >= 0.3 is 6.18 Å². The second kappa shape index (κ2) is 9.23. The highest BCUT2D eigenvalue weighted by Gasteiger charge is 2.33. The molecular formula is C25H30F3N7. The van der Waals surface area contributed by atoms with Gasteiger partial charge in [-0.15, -0.1) is 5.10 Å². The van der Waals surface area contributed by atoms with Crippen LogP contribution in [0.1, 0.15) is 47.8 Å². The van der Waals surface area contributed by atoms with Crippen LogP contribution in [0, 0.1) is 13.8 Å². The molecule has 0 unspecified atom stereocenters.